The van der Waals surface area contributed by atoms with Crippen LogP contribution in [0, 0.1) is 27.6 Å². The lowest BCUT2D eigenvalue weighted by atomic mass is 10.3. The number of hydrogen-bond donors (Lipinski definition) is 1. The molecule has 2 aromatic rings. The molecular formula is C11H7F3N2O2S. The highest BCUT2D eigenvalue weighted by molar-refractivity contribution is 7.15. The van der Waals surface area contributed by atoms with E-state index in [0.29, 0.717) is 4.88 Å². The van der Waals surface area contributed by atoms with Crippen LogP contribution in [0.1, 0.15) is 4.88 Å². The van der Waals surface area contributed by atoms with Gasteiger partial charge < -0.3 is 5.32 Å². The summed E-state index contributed by atoms with van der Waals surface area (Å²) >= 11 is 0.949. The highest BCUT2D eigenvalue weighted by atomic mass is 32.1. The Hall–Kier alpha value is -2.09. The van der Waals surface area contributed by atoms with Gasteiger partial charge >= 0.3 is 5.00 Å². The topological polar surface area (TPSA) is 55.2 Å². The Bertz CT molecular complexity index is 607. The van der Waals surface area contributed by atoms with Crippen molar-refractivity contribution in [3.8, 4) is 0 Å². The van der Waals surface area contributed by atoms with Crippen molar-refractivity contribution in [1.82, 2.24) is 0 Å². The average molecular weight is 288 g/mol. The molecule has 0 amide bonds. The van der Waals surface area contributed by atoms with Crippen LogP contribution in [-0.4, -0.2) is 4.92 Å². The minimum Gasteiger partial charge on any atom is -0.380 e. The van der Waals surface area contributed by atoms with E-state index in [1.165, 1.54) is 12.1 Å². The van der Waals surface area contributed by atoms with Crippen LogP contribution in [0.2, 0.25) is 0 Å². The van der Waals surface area contributed by atoms with E-state index in [4.69, 9.17) is 0 Å². The molecule has 0 aliphatic carbocycles. The molecule has 0 saturated carbocycles. The fraction of sp³-hybridized carbons (Fsp3) is 0.0909. The fourth-order valence-electron chi connectivity index (χ4n) is 1.41. The second kappa shape index (κ2) is 5.27. The summed E-state index contributed by atoms with van der Waals surface area (Å²) < 4.78 is 38.6. The van der Waals surface area contributed by atoms with Crippen molar-refractivity contribution in [3.63, 3.8) is 0 Å². The molecule has 1 aromatic carbocycles. The molecule has 0 aliphatic heterocycles. The molecule has 4 nitrogen and oxygen atoms in total. The van der Waals surface area contributed by atoms with Crippen molar-refractivity contribution in [3.05, 3.63) is 56.7 Å². The highest BCUT2D eigenvalue weighted by Gasteiger charge is 2.12. The van der Waals surface area contributed by atoms with Crippen molar-refractivity contribution in [2.75, 3.05) is 5.32 Å². The second-order valence-electron chi connectivity index (χ2n) is 3.60. The first-order valence-electron chi connectivity index (χ1n) is 5.09. The van der Waals surface area contributed by atoms with Gasteiger partial charge in [-0.1, -0.05) is 11.3 Å². The van der Waals surface area contributed by atoms with Crippen LogP contribution in [0.25, 0.3) is 0 Å². The maximum absolute atomic E-state index is 12.9. The first kappa shape index (κ1) is 13.3. The molecule has 0 spiro atoms. The zero-order valence-electron chi connectivity index (χ0n) is 9.32. The smallest absolute Gasteiger partial charge is 0.324 e. The molecule has 1 aromatic heterocycles. The summed E-state index contributed by atoms with van der Waals surface area (Å²) in [6.45, 7) is 0.156. The van der Waals surface area contributed by atoms with Crippen LogP contribution in [0.15, 0.2) is 24.3 Å². The number of nitrogens with one attached hydrogen (secondary N) is 1. The van der Waals surface area contributed by atoms with Gasteiger partial charge in [-0.05, 0) is 6.07 Å². The maximum atomic E-state index is 12.9. The molecule has 0 unspecified atom stereocenters. The fourth-order valence-corrected chi connectivity index (χ4v) is 2.17. The van der Waals surface area contributed by atoms with Gasteiger partial charge in [0.05, 0.1) is 4.92 Å². The maximum Gasteiger partial charge on any atom is 0.324 e. The van der Waals surface area contributed by atoms with Crippen molar-refractivity contribution in [2.45, 2.75) is 6.54 Å². The quantitative estimate of drug-likeness (QED) is 0.530. The van der Waals surface area contributed by atoms with E-state index < -0.39 is 22.4 Å². The number of anilines is 1. The summed E-state index contributed by atoms with van der Waals surface area (Å²) in [7, 11) is 0. The Morgan fingerprint density at radius 1 is 1.21 bits per heavy atom. The molecule has 0 aliphatic rings. The van der Waals surface area contributed by atoms with Gasteiger partial charge in [-0.2, -0.15) is 0 Å². The first-order valence-corrected chi connectivity index (χ1v) is 5.90. The lowest BCUT2D eigenvalue weighted by molar-refractivity contribution is -0.380. The summed E-state index contributed by atoms with van der Waals surface area (Å²) in [4.78, 5) is 10.6. The number of halogens is 3. The molecule has 0 atom stereocenters. The third-order valence-electron chi connectivity index (χ3n) is 2.28. The molecule has 100 valence electrons. The van der Waals surface area contributed by atoms with Gasteiger partial charge in [0.1, 0.15) is 0 Å². The molecule has 0 saturated heterocycles. The lowest BCUT2D eigenvalue weighted by Gasteiger charge is -2.05. The molecule has 19 heavy (non-hydrogen) atoms. The van der Waals surface area contributed by atoms with Crippen LogP contribution in [-0.2, 0) is 6.54 Å². The Labute approximate surface area is 109 Å². The third-order valence-corrected chi connectivity index (χ3v) is 3.31. The van der Waals surface area contributed by atoms with Gasteiger partial charge in [-0.15, -0.1) is 0 Å². The van der Waals surface area contributed by atoms with E-state index in [9.17, 15) is 23.3 Å². The van der Waals surface area contributed by atoms with Crippen molar-refractivity contribution < 1.29 is 18.1 Å². The van der Waals surface area contributed by atoms with Crippen LogP contribution in [0.5, 0.6) is 0 Å². The van der Waals surface area contributed by atoms with E-state index in [0.717, 1.165) is 23.5 Å². The largest absolute Gasteiger partial charge is 0.380 e. The normalized spacial score (nSPS) is 10.5. The Morgan fingerprint density at radius 3 is 2.37 bits per heavy atom. The average Bonchev–Trinajstić information content (AvgIpc) is 2.82. The van der Waals surface area contributed by atoms with Gasteiger partial charge in [-0.3, -0.25) is 10.1 Å². The van der Waals surface area contributed by atoms with Gasteiger partial charge in [0, 0.05) is 35.3 Å². The number of rotatable bonds is 4. The van der Waals surface area contributed by atoms with E-state index in [1.54, 1.807) is 0 Å². The summed E-state index contributed by atoms with van der Waals surface area (Å²) in [5.41, 5.74) is 0.0625. The first-order chi connectivity index (χ1) is 8.97. The molecule has 1 N–H and O–H groups in total. The van der Waals surface area contributed by atoms with Crippen molar-refractivity contribution >= 4 is 22.0 Å². The standard InChI is InChI=1S/C11H7F3N2O2S/c12-8-3-6(4-9(13)11(8)14)15-5-7-1-2-10(19-7)16(17)18/h1-4,15H,5H2. The Balaban J connectivity index is 2.08. The van der Waals surface area contributed by atoms with E-state index in [1.807, 2.05) is 0 Å². The second-order valence-corrected chi connectivity index (χ2v) is 4.75. The third kappa shape index (κ3) is 3.02. The van der Waals surface area contributed by atoms with Crippen LogP contribution in [0.4, 0.5) is 23.9 Å². The number of hydrogen-bond acceptors (Lipinski definition) is 4. The van der Waals surface area contributed by atoms with E-state index in [-0.39, 0.29) is 17.2 Å². The van der Waals surface area contributed by atoms with E-state index >= 15 is 0 Å². The van der Waals surface area contributed by atoms with Gasteiger partial charge in [0.15, 0.2) is 17.5 Å². The monoisotopic (exact) mass is 288 g/mol. The predicted octanol–water partition coefficient (Wildman–Crippen LogP) is 3.69. The number of benzene rings is 1. The number of nitro groups is 1. The van der Waals surface area contributed by atoms with Gasteiger partial charge in [0.25, 0.3) is 0 Å². The van der Waals surface area contributed by atoms with E-state index in [2.05, 4.69) is 5.32 Å². The highest BCUT2D eigenvalue weighted by Crippen LogP contribution is 2.25. The molecule has 0 bridgehead atoms. The molecule has 8 heteroatoms. The number of nitrogens with zero attached hydrogens (tertiary/aromatic N) is 1. The summed E-state index contributed by atoms with van der Waals surface area (Å²) in [5, 5.41) is 13.1. The zero-order chi connectivity index (χ0) is 14.0. The molecule has 1 heterocycles. The minimum atomic E-state index is -1.53. The summed E-state index contributed by atoms with van der Waals surface area (Å²) in [6, 6.07) is 4.51. The number of thiophene rings is 1. The molecule has 2 rings (SSSR count). The predicted molar refractivity (Wildman–Crippen MR) is 64.6 cm³/mol. The van der Waals surface area contributed by atoms with Crippen LogP contribution in [0.3, 0.4) is 0 Å². The molecular weight excluding hydrogens is 281 g/mol. The lowest BCUT2D eigenvalue weighted by Crippen LogP contribution is -2.00. The Morgan fingerprint density at radius 2 is 1.84 bits per heavy atom. The van der Waals surface area contributed by atoms with Gasteiger partial charge in [0.2, 0.25) is 0 Å². The summed E-state index contributed by atoms with van der Waals surface area (Å²) in [5.74, 6) is -4.11. The molecule has 0 radical (unpaired) electrons. The van der Waals surface area contributed by atoms with Crippen LogP contribution < -0.4 is 5.32 Å². The molecule has 0 fully saturated rings. The minimum absolute atomic E-state index is 0.0201. The Kier molecular flexibility index (Phi) is 3.70. The van der Waals surface area contributed by atoms with Gasteiger partial charge in [-0.25, -0.2) is 13.2 Å². The van der Waals surface area contributed by atoms with Crippen molar-refractivity contribution in [1.29, 1.82) is 0 Å². The SMILES string of the molecule is O=[N+]([O-])c1ccc(CNc2cc(F)c(F)c(F)c2)s1. The summed E-state index contributed by atoms with van der Waals surface area (Å²) in [6.07, 6.45) is 0. The van der Waals surface area contributed by atoms with Crippen LogP contribution >= 0.6 is 11.3 Å². The van der Waals surface area contributed by atoms with Crippen molar-refractivity contribution in [2.24, 2.45) is 0 Å². The zero-order valence-corrected chi connectivity index (χ0v) is 10.1.